The van der Waals surface area contributed by atoms with Crippen LogP contribution in [0, 0.1) is 0 Å². The number of carbonyl (C=O) groups is 1. The molecule has 0 saturated heterocycles. The first kappa shape index (κ1) is 20.7. The summed E-state index contributed by atoms with van der Waals surface area (Å²) in [5.41, 5.74) is 1.68. The Morgan fingerprint density at radius 3 is 2.33 bits per heavy atom. The molecule has 27 heavy (non-hydrogen) atoms. The van der Waals surface area contributed by atoms with Crippen LogP contribution in [0.2, 0.25) is 0 Å². The molecule has 2 aromatic rings. The first-order valence-electron chi connectivity index (χ1n) is 8.63. The summed E-state index contributed by atoms with van der Waals surface area (Å²) in [5, 5.41) is 2.71. The summed E-state index contributed by atoms with van der Waals surface area (Å²) in [6.07, 6.45) is 1.70. The van der Waals surface area contributed by atoms with Crippen LogP contribution < -0.4 is 14.8 Å². The van der Waals surface area contributed by atoms with E-state index in [0.717, 1.165) is 6.42 Å². The predicted molar refractivity (Wildman–Crippen MR) is 106 cm³/mol. The van der Waals surface area contributed by atoms with Crippen LogP contribution in [0.1, 0.15) is 19.4 Å². The molecule has 1 amide bonds. The molecule has 1 atom stereocenters. The third-order valence-electron chi connectivity index (χ3n) is 3.86. The van der Waals surface area contributed by atoms with Gasteiger partial charge in [0.1, 0.15) is 5.75 Å². The number of rotatable bonds is 9. The quantitative estimate of drug-likeness (QED) is 0.647. The van der Waals surface area contributed by atoms with Gasteiger partial charge in [-0.2, -0.15) is 0 Å². The first-order valence-corrected chi connectivity index (χ1v) is 10.1. The van der Waals surface area contributed by atoms with Gasteiger partial charge in [0.2, 0.25) is 10.0 Å². The molecule has 7 heteroatoms. The molecule has 2 rings (SSSR count). The van der Waals surface area contributed by atoms with Crippen molar-refractivity contribution in [3.8, 4) is 5.75 Å². The van der Waals surface area contributed by atoms with Crippen molar-refractivity contribution in [1.82, 2.24) is 4.72 Å². The minimum atomic E-state index is -3.59. The van der Waals surface area contributed by atoms with E-state index in [1.807, 2.05) is 24.3 Å². The molecule has 144 valence electrons. The monoisotopic (exact) mass is 388 g/mol. The number of amides is 1. The van der Waals surface area contributed by atoms with Gasteiger partial charge in [0, 0.05) is 12.2 Å². The van der Waals surface area contributed by atoms with Crippen LogP contribution in [0.3, 0.4) is 0 Å². The Hall–Kier alpha value is -2.64. The van der Waals surface area contributed by atoms with Gasteiger partial charge < -0.3 is 10.1 Å². The third kappa shape index (κ3) is 5.94. The van der Waals surface area contributed by atoms with Crippen molar-refractivity contribution >= 4 is 21.6 Å². The SMILES string of the molecule is C=CCNS(=O)(=O)c1ccc(NC(=O)[C@H](C)Oc2ccc(CC)cc2)cc1. The maximum absolute atomic E-state index is 12.3. The number of hydrogen-bond acceptors (Lipinski definition) is 4. The van der Waals surface area contributed by atoms with E-state index in [2.05, 4.69) is 23.5 Å². The Morgan fingerprint density at radius 1 is 1.15 bits per heavy atom. The number of anilines is 1. The fraction of sp³-hybridized carbons (Fsp3) is 0.250. The van der Waals surface area contributed by atoms with Gasteiger partial charge in [0.25, 0.3) is 5.91 Å². The van der Waals surface area contributed by atoms with Crippen LogP contribution in [-0.2, 0) is 21.2 Å². The number of nitrogens with one attached hydrogen (secondary N) is 2. The van der Waals surface area contributed by atoms with Crippen molar-refractivity contribution in [3.63, 3.8) is 0 Å². The summed E-state index contributed by atoms with van der Waals surface area (Å²) in [7, 11) is -3.59. The highest BCUT2D eigenvalue weighted by Crippen LogP contribution is 2.17. The van der Waals surface area contributed by atoms with Crippen LogP contribution in [0.15, 0.2) is 66.1 Å². The number of hydrogen-bond donors (Lipinski definition) is 2. The van der Waals surface area contributed by atoms with Gasteiger partial charge in [0.15, 0.2) is 6.10 Å². The molecular formula is C20H24N2O4S. The topological polar surface area (TPSA) is 84.5 Å². The molecule has 0 aliphatic carbocycles. The van der Waals surface area contributed by atoms with Crippen molar-refractivity contribution in [2.75, 3.05) is 11.9 Å². The molecule has 0 heterocycles. The van der Waals surface area contributed by atoms with E-state index in [0.29, 0.717) is 11.4 Å². The van der Waals surface area contributed by atoms with Crippen molar-refractivity contribution in [1.29, 1.82) is 0 Å². The fourth-order valence-electron chi connectivity index (χ4n) is 2.27. The number of aryl methyl sites for hydroxylation is 1. The van der Waals surface area contributed by atoms with Gasteiger partial charge in [-0.1, -0.05) is 25.1 Å². The molecule has 2 aromatic carbocycles. The fourth-order valence-corrected chi connectivity index (χ4v) is 3.27. The highest BCUT2D eigenvalue weighted by Gasteiger charge is 2.16. The molecule has 0 aliphatic rings. The van der Waals surface area contributed by atoms with Gasteiger partial charge >= 0.3 is 0 Å². The van der Waals surface area contributed by atoms with E-state index in [1.54, 1.807) is 6.92 Å². The third-order valence-corrected chi connectivity index (χ3v) is 5.30. The molecule has 0 aliphatic heterocycles. The van der Waals surface area contributed by atoms with Gasteiger partial charge in [-0.15, -0.1) is 6.58 Å². The maximum Gasteiger partial charge on any atom is 0.265 e. The molecule has 0 spiro atoms. The number of sulfonamides is 1. The summed E-state index contributed by atoms with van der Waals surface area (Å²) in [4.78, 5) is 12.4. The van der Waals surface area contributed by atoms with Crippen LogP contribution in [-0.4, -0.2) is 27.0 Å². The molecule has 2 N–H and O–H groups in total. The summed E-state index contributed by atoms with van der Waals surface area (Å²) >= 11 is 0. The molecule has 6 nitrogen and oxygen atoms in total. The minimum Gasteiger partial charge on any atom is -0.481 e. The van der Waals surface area contributed by atoms with Gasteiger partial charge in [-0.05, 0) is 55.3 Å². The standard InChI is InChI=1S/C20H24N2O4S/c1-4-14-21-27(24,25)19-12-8-17(9-13-19)22-20(23)15(3)26-18-10-6-16(5-2)7-11-18/h4,6-13,15,21H,1,5,14H2,2-3H3,(H,22,23)/t15-/m0/s1. The van der Waals surface area contributed by atoms with Gasteiger partial charge in [-0.25, -0.2) is 13.1 Å². The summed E-state index contributed by atoms with van der Waals surface area (Å²) in [5.74, 6) is 0.291. The highest BCUT2D eigenvalue weighted by molar-refractivity contribution is 7.89. The Kier molecular flexibility index (Phi) is 7.15. The van der Waals surface area contributed by atoms with Gasteiger partial charge in [-0.3, -0.25) is 4.79 Å². The van der Waals surface area contributed by atoms with Crippen LogP contribution >= 0.6 is 0 Å². The number of ether oxygens (including phenoxy) is 1. The predicted octanol–water partition coefficient (Wildman–Crippen LogP) is 3.12. The minimum absolute atomic E-state index is 0.114. The normalized spacial score (nSPS) is 12.2. The van der Waals surface area contributed by atoms with E-state index in [9.17, 15) is 13.2 Å². The highest BCUT2D eigenvalue weighted by atomic mass is 32.2. The second-order valence-corrected chi connectivity index (χ2v) is 7.68. The average molecular weight is 388 g/mol. The molecule has 0 unspecified atom stereocenters. The lowest BCUT2D eigenvalue weighted by atomic mass is 10.2. The second kappa shape index (κ2) is 9.34. The lowest BCUT2D eigenvalue weighted by Gasteiger charge is -2.15. The summed E-state index contributed by atoms with van der Waals surface area (Å²) < 4.78 is 32.1. The Labute approximate surface area is 160 Å². The van der Waals surface area contributed by atoms with Crippen molar-refractivity contribution in [2.45, 2.75) is 31.3 Å². The first-order chi connectivity index (χ1) is 12.9. The molecule has 0 bridgehead atoms. The maximum atomic E-state index is 12.3. The van der Waals surface area contributed by atoms with Crippen molar-refractivity contribution in [3.05, 3.63) is 66.7 Å². The Morgan fingerprint density at radius 2 is 1.78 bits per heavy atom. The summed E-state index contributed by atoms with van der Waals surface area (Å²) in [6.45, 7) is 7.34. The largest absolute Gasteiger partial charge is 0.481 e. The second-order valence-electron chi connectivity index (χ2n) is 5.91. The lowest BCUT2D eigenvalue weighted by molar-refractivity contribution is -0.122. The zero-order valence-corrected chi connectivity index (χ0v) is 16.3. The van der Waals surface area contributed by atoms with E-state index in [4.69, 9.17) is 4.74 Å². The van der Waals surface area contributed by atoms with Gasteiger partial charge in [0.05, 0.1) is 4.90 Å². The van der Waals surface area contributed by atoms with Crippen LogP contribution in [0.4, 0.5) is 5.69 Å². The Bertz CT molecular complexity index is 875. The lowest BCUT2D eigenvalue weighted by Crippen LogP contribution is -2.30. The molecular weight excluding hydrogens is 364 g/mol. The number of carbonyl (C=O) groups excluding carboxylic acids is 1. The van der Waals surface area contributed by atoms with Crippen LogP contribution in [0.5, 0.6) is 5.75 Å². The van der Waals surface area contributed by atoms with Crippen molar-refractivity contribution < 1.29 is 17.9 Å². The zero-order valence-electron chi connectivity index (χ0n) is 15.4. The zero-order chi connectivity index (χ0) is 19.9. The summed E-state index contributed by atoms with van der Waals surface area (Å²) in [6, 6.07) is 13.5. The molecule has 0 fully saturated rings. The van der Waals surface area contributed by atoms with Crippen LogP contribution in [0.25, 0.3) is 0 Å². The molecule has 0 radical (unpaired) electrons. The van der Waals surface area contributed by atoms with E-state index in [1.165, 1.54) is 35.9 Å². The molecule has 0 saturated carbocycles. The number of benzene rings is 2. The molecule has 0 aromatic heterocycles. The van der Waals surface area contributed by atoms with E-state index < -0.39 is 16.1 Å². The smallest absolute Gasteiger partial charge is 0.265 e. The van der Waals surface area contributed by atoms with Crippen molar-refractivity contribution in [2.24, 2.45) is 0 Å². The Balaban J connectivity index is 1.97. The van der Waals surface area contributed by atoms with E-state index >= 15 is 0 Å². The van der Waals surface area contributed by atoms with E-state index in [-0.39, 0.29) is 17.3 Å². The average Bonchev–Trinajstić information content (AvgIpc) is 2.67.